The molecule has 0 spiro atoms. The van der Waals surface area contributed by atoms with Crippen molar-refractivity contribution < 1.29 is 28.6 Å². The summed E-state index contributed by atoms with van der Waals surface area (Å²) in [7, 11) is 0. The Bertz CT molecular complexity index is 716. The number of hydrogen-bond acceptors (Lipinski definition) is 7. The van der Waals surface area contributed by atoms with Crippen LogP contribution in [0.1, 0.15) is 69.7 Å². The first-order chi connectivity index (χ1) is 13.9. The second-order valence-electron chi connectivity index (χ2n) is 6.96. The molecule has 0 unspecified atom stereocenters. The maximum absolute atomic E-state index is 12.2. The number of hydrogen-bond donors (Lipinski definition) is 0. The van der Waals surface area contributed by atoms with E-state index in [2.05, 4.69) is 11.9 Å². The summed E-state index contributed by atoms with van der Waals surface area (Å²) in [5.41, 5.74) is 0.916. The molecular formula is C22H29NO6. The molecule has 0 radical (unpaired) electrons. The summed E-state index contributed by atoms with van der Waals surface area (Å²) in [4.78, 5) is 40.5. The number of unbranched alkanes of at least 4 members (excludes halogenated alkanes) is 3. The van der Waals surface area contributed by atoms with Gasteiger partial charge in [0, 0.05) is 19.1 Å². The van der Waals surface area contributed by atoms with Gasteiger partial charge in [-0.2, -0.15) is 0 Å². The third-order valence-corrected chi connectivity index (χ3v) is 4.87. The number of nitrogens with zero attached hydrogens (tertiary/aromatic N) is 1. The van der Waals surface area contributed by atoms with Gasteiger partial charge in [0.1, 0.15) is 0 Å². The average Bonchev–Trinajstić information content (AvgIpc) is 2.73. The Labute approximate surface area is 171 Å². The molecule has 1 heterocycles. The van der Waals surface area contributed by atoms with E-state index < -0.39 is 23.6 Å². The third kappa shape index (κ3) is 6.14. The molecule has 1 aromatic carbocycles. The molecule has 7 heteroatoms. The quantitative estimate of drug-likeness (QED) is 0.249. The van der Waals surface area contributed by atoms with Crippen molar-refractivity contribution in [2.75, 3.05) is 6.61 Å². The standard InChI is InChI=1S/C22H29NO6/c1-4-7-8-9-14-27-19(24)16-10-12-17(13-11-16)23-15-18-20(25)28-22(5-2,6-3)29-21(18)26/h10-13,15,18H,4-9,14H2,1-3H3. The van der Waals surface area contributed by atoms with Crippen molar-refractivity contribution in [1.82, 2.24) is 0 Å². The summed E-state index contributed by atoms with van der Waals surface area (Å²) >= 11 is 0. The zero-order valence-electron chi connectivity index (χ0n) is 17.3. The number of cyclic esters (lactones) is 2. The van der Waals surface area contributed by atoms with Crippen molar-refractivity contribution >= 4 is 29.8 Å². The summed E-state index contributed by atoms with van der Waals surface area (Å²) in [6.45, 7) is 6.11. The highest BCUT2D eigenvalue weighted by molar-refractivity contribution is 6.10. The first-order valence-electron chi connectivity index (χ1n) is 10.2. The molecule has 29 heavy (non-hydrogen) atoms. The van der Waals surface area contributed by atoms with Crippen molar-refractivity contribution in [3.05, 3.63) is 29.8 Å². The van der Waals surface area contributed by atoms with Crippen LogP contribution in [0.4, 0.5) is 5.69 Å². The second-order valence-corrected chi connectivity index (χ2v) is 6.96. The van der Waals surface area contributed by atoms with Gasteiger partial charge in [-0.05, 0) is 30.7 Å². The van der Waals surface area contributed by atoms with Gasteiger partial charge in [-0.25, -0.2) is 4.79 Å². The van der Waals surface area contributed by atoms with E-state index in [9.17, 15) is 14.4 Å². The van der Waals surface area contributed by atoms with Gasteiger partial charge >= 0.3 is 17.9 Å². The largest absolute Gasteiger partial charge is 0.462 e. The first-order valence-corrected chi connectivity index (χ1v) is 10.2. The van der Waals surface area contributed by atoms with Crippen LogP contribution in [0.15, 0.2) is 29.3 Å². The summed E-state index contributed by atoms with van der Waals surface area (Å²) in [5, 5.41) is 0. The highest BCUT2D eigenvalue weighted by Crippen LogP contribution is 2.29. The SMILES string of the molecule is CCCCCCOC(=O)c1ccc(N=CC2C(=O)OC(CC)(CC)OC2=O)cc1. The Kier molecular flexibility index (Phi) is 8.36. The molecule has 0 bridgehead atoms. The molecule has 0 N–H and O–H groups in total. The van der Waals surface area contributed by atoms with E-state index in [1.54, 1.807) is 38.1 Å². The van der Waals surface area contributed by atoms with Crippen LogP contribution >= 0.6 is 0 Å². The highest BCUT2D eigenvalue weighted by Gasteiger charge is 2.46. The van der Waals surface area contributed by atoms with E-state index in [0.717, 1.165) is 25.7 Å². The number of ether oxygens (including phenoxy) is 3. The number of esters is 3. The lowest BCUT2D eigenvalue weighted by molar-refractivity contribution is -0.250. The molecule has 1 aromatic rings. The lowest BCUT2D eigenvalue weighted by Crippen LogP contribution is -2.49. The minimum Gasteiger partial charge on any atom is -0.462 e. The maximum Gasteiger partial charge on any atom is 0.338 e. The van der Waals surface area contributed by atoms with Gasteiger partial charge < -0.3 is 14.2 Å². The van der Waals surface area contributed by atoms with Crippen molar-refractivity contribution in [3.63, 3.8) is 0 Å². The molecular weight excluding hydrogens is 374 g/mol. The molecule has 2 rings (SSSR count). The predicted octanol–water partition coefficient (Wildman–Crippen LogP) is 4.36. The fourth-order valence-electron chi connectivity index (χ4n) is 2.89. The van der Waals surface area contributed by atoms with Crippen LogP contribution in [0.25, 0.3) is 0 Å². The molecule has 158 valence electrons. The number of carbonyl (C=O) groups excluding carboxylic acids is 3. The zero-order chi connectivity index (χ0) is 21.3. The van der Waals surface area contributed by atoms with E-state index >= 15 is 0 Å². The Morgan fingerprint density at radius 1 is 1.03 bits per heavy atom. The molecule has 0 saturated carbocycles. The average molecular weight is 403 g/mol. The first kappa shape index (κ1) is 22.6. The topological polar surface area (TPSA) is 91.3 Å². The molecule has 1 fully saturated rings. The third-order valence-electron chi connectivity index (χ3n) is 4.87. The zero-order valence-corrected chi connectivity index (χ0v) is 17.3. The lowest BCUT2D eigenvalue weighted by Gasteiger charge is -2.36. The Hall–Kier alpha value is -2.70. The van der Waals surface area contributed by atoms with Crippen LogP contribution in [-0.2, 0) is 23.8 Å². The maximum atomic E-state index is 12.2. The van der Waals surface area contributed by atoms with Gasteiger partial charge in [-0.15, -0.1) is 0 Å². The van der Waals surface area contributed by atoms with Crippen LogP contribution < -0.4 is 0 Å². The molecule has 0 aliphatic carbocycles. The highest BCUT2D eigenvalue weighted by atomic mass is 16.7. The fourth-order valence-corrected chi connectivity index (χ4v) is 2.89. The van der Waals surface area contributed by atoms with E-state index in [-0.39, 0.29) is 5.97 Å². The molecule has 7 nitrogen and oxygen atoms in total. The van der Waals surface area contributed by atoms with Crippen LogP contribution in [0.5, 0.6) is 0 Å². The van der Waals surface area contributed by atoms with E-state index in [1.165, 1.54) is 6.21 Å². The monoisotopic (exact) mass is 403 g/mol. The van der Waals surface area contributed by atoms with Gasteiger partial charge in [0.25, 0.3) is 5.79 Å². The van der Waals surface area contributed by atoms with Crippen LogP contribution in [-0.4, -0.2) is 36.5 Å². The minimum absolute atomic E-state index is 0.382. The van der Waals surface area contributed by atoms with E-state index in [0.29, 0.717) is 30.7 Å². The number of rotatable bonds is 10. The Morgan fingerprint density at radius 3 is 2.21 bits per heavy atom. The molecule has 1 aliphatic heterocycles. The van der Waals surface area contributed by atoms with Gasteiger partial charge in [-0.1, -0.05) is 40.0 Å². The number of aliphatic imine (C=N–C) groups is 1. The summed E-state index contributed by atoms with van der Waals surface area (Å²) in [6, 6.07) is 6.42. The molecule has 1 aliphatic rings. The van der Waals surface area contributed by atoms with Crippen molar-refractivity contribution in [3.8, 4) is 0 Å². The number of carbonyl (C=O) groups is 3. The van der Waals surface area contributed by atoms with Gasteiger partial charge in [0.05, 0.1) is 17.9 Å². The lowest BCUT2D eigenvalue weighted by atomic mass is 10.1. The van der Waals surface area contributed by atoms with Gasteiger partial charge in [0.2, 0.25) is 0 Å². The Balaban J connectivity index is 1.92. The van der Waals surface area contributed by atoms with Crippen LogP contribution in [0.2, 0.25) is 0 Å². The normalized spacial score (nSPS) is 16.5. The van der Waals surface area contributed by atoms with Crippen molar-refractivity contribution in [1.29, 1.82) is 0 Å². The summed E-state index contributed by atoms with van der Waals surface area (Å²) in [5.74, 6) is -4.10. The fraction of sp³-hybridized carbons (Fsp3) is 0.545. The molecule has 0 atom stereocenters. The Morgan fingerprint density at radius 2 is 1.66 bits per heavy atom. The van der Waals surface area contributed by atoms with Gasteiger partial charge in [0.15, 0.2) is 5.92 Å². The van der Waals surface area contributed by atoms with Crippen LogP contribution in [0.3, 0.4) is 0 Å². The molecule has 0 amide bonds. The molecule has 1 saturated heterocycles. The predicted molar refractivity (Wildman–Crippen MR) is 108 cm³/mol. The second kappa shape index (κ2) is 10.7. The van der Waals surface area contributed by atoms with Crippen molar-refractivity contribution in [2.24, 2.45) is 10.9 Å². The molecule has 0 aromatic heterocycles. The number of benzene rings is 1. The summed E-state index contributed by atoms with van der Waals surface area (Å²) < 4.78 is 15.9. The summed E-state index contributed by atoms with van der Waals surface area (Å²) in [6.07, 6.45) is 6.14. The van der Waals surface area contributed by atoms with Crippen LogP contribution in [0, 0.1) is 5.92 Å². The minimum atomic E-state index is -1.20. The van der Waals surface area contributed by atoms with Gasteiger partial charge in [-0.3, -0.25) is 14.6 Å². The van der Waals surface area contributed by atoms with E-state index in [4.69, 9.17) is 14.2 Å². The smallest absolute Gasteiger partial charge is 0.338 e. The van der Waals surface area contributed by atoms with E-state index in [1.807, 2.05) is 0 Å². The van der Waals surface area contributed by atoms with Crippen molar-refractivity contribution in [2.45, 2.75) is 65.1 Å².